The number of aromatic nitrogens is 2. The van der Waals surface area contributed by atoms with Gasteiger partial charge in [-0.05, 0) is 27.7 Å². The highest BCUT2D eigenvalue weighted by Gasteiger charge is 2.39. The predicted octanol–water partition coefficient (Wildman–Crippen LogP) is 1.04. The third-order valence-corrected chi connectivity index (χ3v) is 4.50. The lowest BCUT2D eigenvalue weighted by Crippen LogP contribution is -2.45. The number of carboxylic acids is 1. The number of ether oxygens (including phenoxy) is 1. The zero-order valence-corrected chi connectivity index (χ0v) is 16.1. The van der Waals surface area contributed by atoms with E-state index in [0.717, 1.165) is 5.06 Å². The van der Waals surface area contributed by atoms with Crippen molar-refractivity contribution in [2.24, 2.45) is 0 Å². The van der Waals surface area contributed by atoms with Crippen molar-refractivity contribution in [2.75, 3.05) is 7.05 Å². The van der Waals surface area contributed by atoms with Crippen LogP contribution in [0.3, 0.4) is 0 Å². The highest BCUT2D eigenvalue weighted by molar-refractivity contribution is 5.94. The van der Waals surface area contributed by atoms with E-state index in [4.69, 9.17) is 9.57 Å². The van der Waals surface area contributed by atoms with Gasteiger partial charge in [-0.1, -0.05) is 0 Å². The molecular formula is C17H24N4O6. The molecule has 0 saturated carbocycles. The van der Waals surface area contributed by atoms with Crippen LogP contribution in [0.5, 0.6) is 0 Å². The van der Waals surface area contributed by atoms with Crippen LogP contribution >= 0.6 is 0 Å². The molecule has 2 aliphatic heterocycles. The maximum absolute atomic E-state index is 12.7. The van der Waals surface area contributed by atoms with Crippen LogP contribution in [0.2, 0.25) is 0 Å². The first-order valence-electron chi connectivity index (χ1n) is 8.73. The Balaban J connectivity index is 1.96. The number of amides is 2. The fraction of sp³-hybridized carbons (Fsp3) is 0.647. The maximum Gasteiger partial charge on any atom is 0.410 e. The number of fused-ring (bicyclic) bond motifs is 3. The van der Waals surface area contributed by atoms with Crippen molar-refractivity contribution in [3.8, 4) is 0 Å². The number of hydroxylamine groups is 2. The molecule has 0 saturated heterocycles. The summed E-state index contributed by atoms with van der Waals surface area (Å²) >= 11 is 0. The summed E-state index contributed by atoms with van der Waals surface area (Å²) in [7, 11) is 1.37. The molecule has 2 aliphatic rings. The van der Waals surface area contributed by atoms with Crippen molar-refractivity contribution < 1.29 is 29.1 Å². The molecule has 0 aromatic carbocycles. The van der Waals surface area contributed by atoms with Gasteiger partial charge in [-0.2, -0.15) is 5.10 Å². The summed E-state index contributed by atoms with van der Waals surface area (Å²) in [6.07, 6.45) is -1.24. The largest absolute Gasteiger partial charge is 0.479 e. The second-order valence-electron chi connectivity index (χ2n) is 7.85. The molecule has 0 radical (unpaired) electrons. The molecule has 10 heteroatoms. The van der Waals surface area contributed by atoms with Crippen LogP contribution in [-0.4, -0.2) is 67.6 Å². The minimum Gasteiger partial charge on any atom is -0.479 e. The van der Waals surface area contributed by atoms with Gasteiger partial charge in [0.15, 0.2) is 0 Å². The lowest BCUT2D eigenvalue weighted by Gasteiger charge is -2.34. The molecule has 1 N–H and O–H groups in total. The van der Waals surface area contributed by atoms with Crippen LogP contribution in [0, 0.1) is 0 Å². The number of carbonyl (C=O) groups is 3. The van der Waals surface area contributed by atoms with Crippen LogP contribution in [0.25, 0.3) is 0 Å². The molecule has 2 amide bonds. The Labute approximate surface area is 156 Å². The van der Waals surface area contributed by atoms with Crippen molar-refractivity contribution in [1.82, 2.24) is 19.7 Å². The number of nitrogens with zero attached hydrogens (tertiary/aromatic N) is 4. The van der Waals surface area contributed by atoms with Gasteiger partial charge in [-0.3, -0.25) is 14.3 Å². The minimum atomic E-state index is -1.22. The van der Waals surface area contributed by atoms with Crippen molar-refractivity contribution in [3.05, 3.63) is 17.0 Å². The Hall–Kier alpha value is -2.62. The second-order valence-corrected chi connectivity index (χ2v) is 7.85. The Morgan fingerprint density at radius 3 is 2.59 bits per heavy atom. The average molecular weight is 380 g/mol. The summed E-state index contributed by atoms with van der Waals surface area (Å²) in [6.45, 7) is 7.33. The zero-order chi connectivity index (χ0) is 20.1. The van der Waals surface area contributed by atoms with Crippen LogP contribution < -0.4 is 0 Å². The Bertz CT molecular complexity index is 796. The molecular weight excluding hydrogens is 356 g/mol. The summed E-state index contributed by atoms with van der Waals surface area (Å²) in [4.78, 5) is 43.4. The van der Waals surface area contributed by atoms with E-state index in [0.29, 0.717) is 17.7 Å². The maximum atomic E-state index is 12.7. The highest BCUT2D eigenvalue weighted by atomic mass is 16.7. The van der Waals surface area contributed by atoms with Crippen LogP contribution in [0.1, 0.15) is 49.4 Å². The Morgan fingerprint density at radius 2 is 2.00 bits per heavy atom. The molecule has 148 valence electrons. The molecule has 10 nitrogen and oxygen atoms in total. The Morgan fingerprint density at radius 1 is 1.33 bits per heavy atom. The number of hydrogen-bond donors (Lipinski definition) is 1. The quantitative estimate of drug-likeness (QED) is 0.774. The smallest absolute Gasteiger partial charge is 0.410 e. The van der Waals surface area contributed by atoms with Crippen molar-refractivity contribution >= 4 is 18.0 Å². The van der Waals surface area contributed by atoms with E-state index < -0.39 is 29.7 Å². The van der Waals surface area contributed by atoms with Crippen molar-refractivity contribution in [3.63, 3.8) is 0 Å². The van der Waals surface area contributed by atoms with Gasteiger partial charge in [0.25, 0.3) is 5.91 Å². The highest BCUT2D eigenvalue weighted by Crippen LogP contribution is 2.29. The van der Waals surface area contributed by atoms with Gasteiger partial charge in [-0.15, -0.1) is 0 Å². The molecule has 0 aliphatic carbocycles. The third-order valence-electron chi connectivity index (χ3n) is 4.50. The molecule has 27 heavy (non-hydrogen) atoms. The van der Waals surface area contributed by atoms with E-state index in [2.05, 4.69) is 5.10 Å². The third kappa shape index (κ3) is 3.61. The molecule has 0 bridgehead atoms. The first kappa shape index (κ1) is 19.2. The number of carboxylic acid groups (broad SMARTS) is 1. The molecule has 1 unspecified atom stereocenters. The molecule has 1 aromatic heterocycles. The van der Waals surface area contributed by atoms with Crippen LogP contribution in [-0.2, 0) is 33.9 Å². The monoisotopic (exact) mass is 380 g/mol. The fourth-order valence-electron chi connectivity index (χ4n) is 3.23. The van der Waals surface area contributed by atoms with E-state index in [1.807, 2.05) is 6.92 Å². The van der Waals surface area contributed by atoms with E-state index in [9.17, 15) is 19.5 Å². The molecule has 0 spiro atoms. The van der Waals surface area contributed by atoms with Crippen LogP contribution in [0.4, 0.5) is 4.79 Å². The summed E-state index contributed by atoms with van der Waals surface area (Å²) in [6, 6.07) is -0.161. The van der Waals surface area contributed by atoms with Gasteiger partial charge in [0.2, 0.25) is 6.10 Å². The minimum absolute atomic E-state index is 0.0887. The van der Waals surface area contributed by atoms with Gasteiger partial charge < -0.3 is 14.7 Å². The summed E-state index contributed by atoms with van der Waals surface area (Å²) in [5.74, 6) is -1.68. The van der Waals surface area contributed by atoms with E-state index in [-0.39, 0.29) is 24.8 Å². The molecule has 2 atom stereocenters. The van der Waals surface area contributed by atoms with E-state index in [1.165, 1.54) is 11.7 Å². The number of hydrogen-bond acceptors (Lipinski definition) is 6. The molecule has 1 aromatic rings. The standard InChI is InChI=1S/C17H24N4O6/c1-9-6-11-10(7-20(9)16(25)26-17(2,3)4)13-14(22)19(5)27-12(15(23)24)8-21(13)18-11/h9,12H,6-8H2,1-5H3,(H,23,24)/t9-,12?/m1/s1. The Kier molecular flexibility index (Phi) is 4.62. The van der Waals surface area contributed by atoms with Crippen molar-refractivity contribution in [1.29, 1.82) is 0 Å². The van der Waals surface area contributed by atoms with E-state index >= 15 is 0 Å². The lowest BCUT2D eigenvalue weighted by molar-refractivity contribution is -0.182. The predicted molar refractivity (Wildman–Crippen MR) is 91.8 cm³/mol. The second kappa shape index (κ2) is 6.52. The summed E-state index contributed by atoms with van der Waals surface area (Å²) in [5, 5.41) is 14.6. The number of aliphatic carboxylic acids is 1. The molecule has 3 rings (SSSR count). The van der Waals surface area contributed by atoms with Gasteiger partial charge in [-0.25, -0.2) is 14.7 Å². The zero-order valence-electron chi connectivity index (χ0n) is 16.1. The van der Waals surface area contributed by atoms with Gasteiger partial charge in [0, 0.05) is 25.1 Å². The summed E-state index contributed by atoms with van der Waals surface area (Å²) < 4.78 is 6.84. The normalized spacial score (nSPS) is 22.8. The molecule has 0 fully saturated rings. The molecule has 3 heterocycles. The number of rotatable bonds is 1. The average Bonchev–Trinajstić information content (AvgIpc) is 2.81. The first-order chi connectivity index (χ1) is 12.5. The van der Waals surface area contributed by atoms with Crippen molar-refractivity contribution in [2.45, 2.75) is 65.0 Å². The number of carbonyl (C=O) groups excluding carboxylic acids is 2. The first-order valence-corrected chi connectivity index (χ1v) is 8.73. The topological polar surface area (TPSA) is 114 Å². The van der Waals surface area contributed by atoms with Gasteiger partial charge >= 0.3 is 12.1 Å². The SMILES string of the molecule is C[C@@H]1Cc2nn3c(c2CN1C(=O)OC(C)(C)C)C(=O)N(C)OC(C(=O)O)C3. The summed E-state index contributed by atoms with van der Waals surface area (Å²) in [5.41, 5.74) is 0.901. The van der Waals surface area contributed by atoms with Gasteiger partial charge in [0.05, 0.1) is 18.8 Å². The van der Waals surface area contributed by atoms with Gasteiger partial charge in [0.1, 0.15) is 11.3 Å². The lowest BCUT2D eigenvalue weighted by atomic mass is 9.99. The van der Waals surface area contributed by atoms with Crippen LogP contribution in [0.15, 0.2) is 0 Å². The van der Waals surface area contributed by atoms with E-state index in [1.54, 1.807) is 25.7 Å². The fourth-order valence-corrected chi connectivity index (χ4v) is 3.23.